The molecule has 2 N–H and O–H groups in total. The zero-order chi connectivity index (χ0) is 13.5. The third-order valence-corrected chi connectivity index (χ3v) is 3.29. The molecule has 1 aromatic rings. The minimum atomic E-state index is -0.439. The van der Waals surface area contributed by atoms with Gasteiger partial charge in [-0.25, -0.2) is 0 Å². The highest BCUT2D eigenvalue weighted by atomic mass is 16.5. The molecule has 100 valence electrons. The first-order chi connectivity index (χ1) is 8.46. The van der Waals surface area contributed by atoms with Crippen molar-refractivity contribution in [2.45, 2.75) is 25.5 Å². The molecular weight excluding hydrogens is 234 g/mol. The molecule has 1 atom stereocenters. The Kier molecular flexibility index (Phi) is 3.02. The van der Waals surface area contributed by atoms with E-state index in [0.29, 0.717) is 22.8 Å². The normalized spacial score (nSPS) is 20.2. The summed E-state index contributed by atoms with van der Waals surface area (Å²) in [6.45, 7) is 3.93. The van der Waals surface area contributed by atoms with Gasteiger partial charge in [0.15, 0.2) is 11.5 Å². The summed E-state index contributed by atoms with van der Waals surface area (Å²) in [7, 11) is 4.86. The molecule has 0 radical (unpaired) electrons. The number of nitrogens with one attached hydrogen (secondary N) is 1. The standard InChI is InChI=1S/C13H19NO4/c1-13(2)12(14-3)9-7(18-13)6-8(16-4)11(17-5)10(9)15/h6,12,14-15H,1-5H3. The maximum Gasteiger partial charge on any atom is 0.203 e. The average Bonchev–Trinajstić information content (AvgIpc) is 2.58. The van der Waals surface area contributed by atoms with Crippen molar-refractivity contribution in [3.63, 3.8) is 0 Å². The number of methoxy groups -OCH3 is 2. The van der Waals surface area contributed by atoms with Gasteiger partial charge in [0.1, 0.15) is 11.4 Å². The van der Waals surface area contributed by atoms with Gasteiger partial charge in [0, 0.05) is 6.07 Å². The molecule has 1 aromatic carbocycles. The van der Waals surface area contributed by atoms with Gasteiger partial charge in [0.25, 0.3) is 0 Å². The fraction of sp³-hybridized carbons (Fsp3) is 0.538. The minimum absolute atomic E-state index is 0.0665. The van der Waals surface area contributed by atoms with Gasteiger partial charge in [0.05, 0.1) is 25.8 Å². The Labute approximate surface area is 107 Å². The summed E-state index contributed by atoms with van der Waals surface area (Å²) in [6.07, 6.45) is 0. The third kappa shape index (κ3) is 1.66. The van der Waals surface area contributed by atoms with Crippen molar-refractivity contribution in [1.82, 2.24) is 5.32 Å². The lowest BCUT2D eigenvalue weighted by Gasteiger charge is -2.25. The first-order valence-electron chi connectivity index (χ1n) is 5.80. The van der Waals surface area contributed by atoms with E-state index >= 15 is 0 Å². The predicted octanol–water partition coefficient (Wildman–Crippen LogP) is 1.84. The molecule has 1 heterocycles. The summed E-state index contributed by atoms with van der Waals surface area (Å²) < 4.78 is 16.3. The van der Waals surface area contributed by atoms with E-state index in [1.807, 2.05) is 20.9 Å². The lowest BCUT2D eigenvalue weighted by Crippen LogP contribution is -2.37. The summed E-state index contributed by atoms with van der Waals surface area (Å²) in [5.41, 5.74) is 0.270. The van der Waals surface area contributed by atoms with Crippen molar-refractivity contribution in [2.24, 2.45) is 0 Å². The molecule has 0 amide bonds. The van der Waals surface area contributed by atoms with Gasteiger partial charge in [0.2, 0.25) is 5.75 Å². The quantitative estimate of drug-likeness (QED) is 0.860. The zero-order valence-electron chi connectivity index (χ0n) is 11.3. The van der Waals surface area contributed by atoms with E-state index in [1.54, 1.807) is 6.07 Å². The van der Waals surface area contributed by atoms with Gasteiger partial charge in [-0.15, -0.1) is 0 Å². The molecule has 0 spiro atoms. The van der Waals surface area contributed by atoms with E-state index in [9.17, 15) is 5.11 Å². The number of hydrogen-bond acceptors (Lipinski definition) is 5. The third-order valence-electron chi connectivity index (χ3n) is 3.29. The van der Waals surface area contributed by atoms with E-state index in [4.69, 9.17) is 14.2 Å². The van der Waals surface area contributed by atoms with Crippen LogP contribution in [0.2, 0.25) is 0 Å². The zero-order valence-corrected chi connectivity index (χ0v) is 11.3. The summed E-state index contributed by atoms with van der Waals surface area (Å²) in [4.78, 5) is 0. The topological polar surface area (TPSA) is 60.0 Å². The van der Waals surface area contributed by atoms with Gasteiger partial charge >= 0.3 is 0 Å². The van der Waals surface area contributed by atoms with Gasteiger partial charge in [-0.1, -0.05) is 0 Å². The first kappa shape index (κ1) is 12.8. The van der Waals surface area contributed by atoms with Crippen LogP contribution in [-0.4, -0.2) is 32.0 Å². The van der Waals surface area contributed by atoms with E-state index < -0.39 is 5.60 Å². The molecule has 0 aliphatic carbocycles. The smallest absolute Gasteiger partial charge is 0.203 e. The van der Waals surface area contributed by atoms with Crippen LogP contribution in [-0.2, 0) is 0 Å². The molecule has 5 nitrogen and oxygen atoms in total. The van der Waals surface area contributed by atoms with Crippen LogP contribution in [0.5, 0.6) is 23.0 Å². The summed E-state index contributed by atoms with van der Waals surface area (Å²) >= 11 is 0. The maximum absolute atomic E-state index is 10.3. The highest BCUT2D eigenvalue weighted by Crippen LogP contribution is 2.53. The highest BCUT2D eigenvalue weighted by Gasteiger charge is 2.43. The van der Waals surface area contributed by atoms with Crippen LogP contribution in [0.3, 0.4) is 0 Å². The largest absolute Gasteiger partial charge is 0.504 e. The van der Waals surface area contributed by atoms with Crippen molar-refractivity contribution < 1.29 is 19.3 Å². The molecule has 18 heavy (non-hydrogen) atoms. The van der Waals surface area contributed by atoms with Crippen molar-refractivity contribution >= 4 is 0 Å². The molecule has 0 aromatic heterocycles. The minimum Gasteiger partial charge on any atom is -0.504 e. The maximum atomic E-state index is 10.3. The number of rotatable bonds is 3. The van der Waals surface area contributed by atoms with Crippen LogP contribution in [0.25, 0.3) is 0 Å². The summed E-state index contributed by atoms with van der Waals surface area (Å²) in [5, 5.41) is 13.5. The molecule has 5 heteroatoms. The number of ether oxygens (including phenoxy) is 3. The van der Waals surface area contributed by atoms with Crippen molar-refractivity contribution in [3.8, 4) is 23.0 Å². The lowest BCUT2D eigenvalue weighted by atomic mass is 9.93. The second-order valence-electron chi connectivity index (χ2n) is 4.80. The molecule has 0 saturated carbocycles. The van der Waals surface area contributed by atoms with E-state index in [-0.39, 0.29) is 11.8 Å². The number of hydrogen-bond donors (Lipinski definition) is 2. The number of fused-ring (bicyclic) bond motifs is 1. The average molecular weight is 253 g/mol. The molecule has 0 bridgehead atoms. The van der Waals surface area contributed by atoms with Crippen LogP contribution >= 0.6 is 0 Å². The fourth-order valence-electron chi connectivity index (χ4n) is 2.51. The Hall–Kier alpha value is -1.62. The Morgan fingerprint density at radius 2 is 2.00 bits per heavy atom. The molecule has 2 rings (SSSR count). The Morgan fingerprint density at radius 1 is 1.33 bits per heavy atom. The summed E-state index contributed by atoms with van der Waals surface area (Å²) in [6, 6.07) is 1.64. The summed E-state index contributed by atoms with van der Waals surface area (Å²) in [5.74, 6) is 1.48. The molecule has 0 saturated heterocycles. The Morgan fingerprint density at radius 3 is 2.50 bits per heavy atom. The second-order valence-corrected chi connectivity index (χ2v) is 4.80. The second kappa shape index (κ2) is 4.24. The number of aromatic hydroxyl groups is 1. The molecular formula is C13H19NO4. The van der Waals surface area contributed by atoms with E-state index in [2.05, 4.69) is 5.32 Å². The van der Waals surface area contributed by atoms with Crippen LogP contribution < -0.4 is 19.5 Å². The Bertz CT molecular complexity index is 471. The van der Waals surface area contributed by atoms with Crippen LogP contribution in [0.15, 0.2) is 6.07 Å². The Balaban J connectivity index is 2.64. The van der Waals surface area contributed by atoms with Crippen molar-refractivity contribution in [3.05, 3.63) is 11.6 Å². The van der Waals surface area contributed by atoms with Crippen molar-refractivity contribution in [2.75, 3.05) is 21.3 Å². The fourth-order valence-corrected chi connectivity index (χ4v) is 2.51. The highest BCUT2D eigenvalue weighted by molar-refractivity contribution is 5.64. The van der Waals surface area contributed by atoms with Gasteiger partial charge in [-0.2, -0.15) is 0 Å². The van der Waals surface area contributed by atoms with Crippen LogP contribution in [0.4, 0.5) is 0 Å². The monoisotopic (exact) mass is 253 g/mol. The number of phenolic OH excluding ortho intramolecular Hbond substituents is 1. The van der Waals surface area contributed by atoms with E-state index in [0.717, 1.165) is 0 Å². The van der Waals surface area contributed by atoms with Gasteiger partial charge < -0.3 is 24.6 Å². The van der Waals surface area contributed by atoms with Crippen molar-refractivity contribution in [1.29, 1.82) is 0 Å². The van der Waals surface area contributed by atoms with Crippen LogP contribution in [0.1, 0.15) is 25.5 Å². The predicted molar refractivity (Wildman–Crippen MR) is 67.7 cm³/mol. The number of phenols is 1. The van der Waals surface area contributed by atoms with E-state index in [1.165, 1.54) is 14.2 Å². The SMILES string of the molecule is CNC1c2c(cc(OC)c(OC)c2O)OC1(C)C. The number of benzene rings is 1. The molecule has 0 fully saturated rings. The molecule has 1 aliphatic heterocycles. The van der Waals surface area contributed by atoms with Crippen LogP contribution in [0, 0.1) is 0 Å². The van der Waals surface area contributed by atoms with Gasteiger partial charge in [-0.05, 0) is 20.9 Å². The van der Waals surface area contributed by atoms with Gasteiger partial charge in [-0.3, -0.25) is 0 Å². The first-order valence-corrected chi connectivity index (χ1v) is 5.80. The molecule has 1 aliphatic rings. The number of likely N-dealkylation sites (N-methyl/N-ethyl adjacent to an activating group) is 1. The molecule has 1 unspecified atom stereocenters. The lowest BCUT2D eigenvalue weighted by molar-refractivity contribution is 0.0994.